The van der Waals surface area contributed by atoms with Crippen LogP contribution in [-0.2, 0) is 11.3 Å². The van der Waals surface area contributed by atoms with E-state index >= 15 is 0 Å². The lowest BCUT2D eigenvalue weighted by Crippen LogP contribution is -2.44. The molecule has 0 aromatic carbocycles. The summed E-state index contributed by atoms with van der Waals surface area (Å²) in [6.07, 6.45) is 0. The Morgan fingerprint density at radius 1 is 1.39 bits per heavy atom. The number of rotatable bonds is 7. The van der Waals surface area contributed by atoms with E-state index in [1.165, 1.54) is 4.88 Å². The number of ether oxygens (including phenoxy) is 1. The summed E-state index contributed by atoms with van der Waals surface area (Å²) in [6.45, 7) is 11.9. The van der Waals surface area contributed by atoms with Crippen LogP contribution in [0.5, 0.6) is 0 Å². The van der Waals surface area contributed by atoms with Gasteiger partial charge in [0, 0.05) is 37.6 Å². The second kappa shape index (κ2) is 12.0. The van der Waals surface area contributed by atoms with Gasteiger partial charge < -0.3 is 15.4 Å². The Morgan fingerprint density at radius 2 is 2.17 bits per heavy atom. The Labute approximate surface area is 160 Å². The quantitative estimate of drug-likeness (QED) is 0.379. The van der Waals surface area contributed by atoms with Crippen LogP contribution < -0.4 is 10.6 Å². The van der Waals surface area contributed by atoms with E-state index in [4.69, 9.17) is 4.74 Å². The highest BCUT2D eigenvalue weighted by Crippen LogP contribution is 2.09. The van der Waals surface area contributed by atoms with Crippen LogP contribution in [0.2, 0.25) is 0 Å². The lowest BCUT2D eigenvalue weighted by molar-refractivity contribution is 0.0320. The molecule has 5 nitrogen and oxygen atoms in total. The van der Waals surface area contributed by atoms with Gasteiger partial charge in [-0.15, -0.1) is 35.3 Å². The summed E-state index contributed by atoms with van der Waals surface area (Å²) >= 11 is 1.75. The van der Waals surface area contributed by atoms with Gasteiger partial charge in [-0.3, -0.25) is 4.90 Å². The second-order valence-electron chi connectivity index (χ2n) is 5.67. The van der Waals surface area contributed by atoms with E-state index in [1.807, 2.05) is 0 Å². The Morgan fingerprint density at radius 3 is 2.83 bits per heavy atom. The van der Waals surface area contributed by atoms with Gasteiger partial charge in [0.05, 0.1) is 19.8 Å². The first-order chi connectivity index (χ1) is 10.8. The normalized spacial score (nSPS) is 17.4. The highest BCUT2D eigenvalue weighted by molar-refractivity contribution is 14.0. The fourth-order valence-corrected chi connectivity index (χ4v) is 3.09. The predicted octanol–water partition coefficient (Wildman–Crippen LogP) is 2.39. The molecule has 2 rings (SSSR count). The van der Waals surface area contributed by atoms with Crippen molar-refractivity contribution in [2.75, 3.05) is 45.9 Å². The topological polar surface area (TPSA) is 48.9 Å². The number of halogens is 1. The van der Waals surface area contributed by atoms with Crippen molar-refractivity contribution in [2.45, 2.75) is 20.4 Å². The molecule has 1 saturated heterocycles. The van der Waals surface area contributed by atoms with Crippen molar-refractivity contribution >= 4 is 41.3 Å². The Balaban J connectivity index is 0.00000264. The van der Waals surface area contributed by atoms with Crippen molar-refractivity contribution in [3.63, 3.8) is 0 Å². The van der Waals surface area contributed by atoms with Crippen molar-refractivity contribution in [2.24, 2.45) is 10.9 Å². The Bertz CT molecular complexity index is 435. The molecule has 0 radical (unpaired) electrons. The minimum Gasteiger partial charge on any atom is -0.379 e. The SMILES string of the molecule is CCNC(=NCc1cccs1)NCC(C)CN1CCOCC1.I. The molecule has 1 aromatic heterocycles. The molecule has 0 bridgehead atoms. The van der Waals surface area contributed by atoms with E-state index in [0.717, 1.165) is 58.4 Å². The van der Waals surface area contributed by atoms with Crippen molar-refractivity contribution in [3.05, 3.63) is 22.4 Å². The van der Waals surface area contributed by atoms with Gasteiger partial charge in [-0.2, -0.15) is 0 Å². The number of aliphatic imine (C=N–C) groups is 1. The van der Waals surface area contributed by atoms with E-state index in [9.17, 15) is 0 Å². The number of hydrogen-bond donors (Lipinski definition) is 2. The fraction of sp³-hybridized carbons (Fsp3) is 0.688. The van der Waals surface area contributed by atoms with Gasteiger partial charge in [0.1, 0.15) is 0 Å². The third kappa shape index (κ3) is 8.32. The maximum absolute atomic E-state index is 5.39. The predicted molar refractivity (Wildman–Crippen MR) is 109 cm³/mol. The largest absolute Gasteiger partial charge is 0.379 e. The second-order valence-corrected chi connectivity index (χ2v) is 6.71. The molecule has 1 aromatic rings. The summed E-state index contributed by atoms with van der Waals surface area (Å²) in [6, 6.07) is 4.19. The van der Waals surface area contributed by atoms with Crippen LogP contribution in [0.4, 0.5) is 0 Å². The van der Waals surface area contributed by atoms with E-state index in [0.29, 0.717) is 5.92 Å². The number of guanidine groups is 1. The van der Waals surface area contributed by atoms with Crippen LogP contribution in [0.25, 0.3) is 0 Å². The standard InChI is InChI=1S/C16H28N4OS.HI/c1-3-17-16(19-12-15-5-4-10-22-15)18-11-14(2)13-20-6-8-21-9-7-20;/h4-5,10,14H,3,6-9,11-13H2,1-2H3,(H2,17,18,19);1H. The molecule has 1 aliphatic rings. The van der Waals surface area contributed by atoms with Gasteiger partial charge in [-0.1, -0.05) is 13.0 Å². The molecule has 1 aliphatic heterocycles. The summed E-state index contributed by atoms with van der Waals surface area (Å²) < 4.78 is 5.39. The average molecular weight is 452 g/mol. The van der Waals surface area contributed by atoms with Gasteiger partial charge in [-0.25, -0.2) is 4.99 Å². The van der Waals surface area contributed by atoms with Gasteiger partial charge in [-0.05, 0) is 24.3 Å². The molecular weight excluding hydrogens is 423 g/mol. The minimum absolute atomic E-state index is 0. The molecule has 132 valence electrons. The Hall–Kier alpha value is -0.380. The molecule has 2 N–H and O–H groups in total. The third-order valence-corrected chi connectivity index (χ3v) is 4.47. The number of thiophene rings is 1. The smallest absolute Gasteiger partial charge is 0.191 e. The molecule has 0 spiro atoms. The van der Waals surface area contributed by atoms with Gasteiger partial charge in [0.25, 0.3) is 0 Å². The highest BCUT2D eigenvalue weighted by Gasteiger charge is 2.13. The van der Waals surface area contributed by atoms with Gasteiger partial charge in [0.15, 0.2) is 5.96 Å². The van der Waals surface area contributed by atoms with Crippen molar-refractivity contribution in [1.29, 1.82) is 0 Å². The lowest BCUT2D eigenvalue weighted by Gasteiger charge is -2.29. The number of morpholine rings is 1. The maximum atomic E-state index is 5.39. The molecule has 2 heterocycles. The van der Waals surface area contributed by atoms with Crippen LogP contribution in [-0.4, -0.2) is 56.8 Å². The molecule has 1 atom stereocenters. The fourth-order valence-electron chi connectivity index (χ4n) is 2.46. The Kier molecular flexibility index (Phi) is 10.8. The van der Waals surface area contributed by atoms with E-state index in [2.05, 4.69) is 51.9 Å². The van der Waals surface area contributed by atoms with Crippen molar-refractivity contribution < 1.29 is 4.74 Å². The van der Waals surface area contributed by atoms with Gasteiger partial charge >= 0.3 is 0 Å². The van der Waals surface area contributed by atoms with E-state index < -0.39 is 0 Å². The number of nitrogens with one attached hydrogen (secondary N) is 2. The summed E-state index contributed by atoms with van der Waals surface area (Å²) in [7, 11) is 0. The summed E-state index contributed by atoms with van der Waals surface area (Å²) in [5.74, 6) is 1.49. The molecule has 1 unspecified atom stereocenters. The van der Waals surface area contributed by atoms with Crippen LogP contribution in [0.1, 0.15) is 18.7 Å². The van der Waals surface area contributed by atoms with Crippen LogP contribution in [0.3, 0.4) is 0 Å². The summed E-state index contributed by atoms with van der Waals surface area (Å²) in [5, 5.41) is 8.86. The average Bonchev–Trinajstić information content (AvgIpc) is 3.04. The highest BCUT2D eigenvalue weighted by atomic mass is 127. The van der Waals surface area contributed by atoms with Crippen molar-refractivity contribution in [1.82, 2.24) is 15.5 Å². The number of hydrogen-bond acceptors (Lipinski definition) is 4. The first kappa shape index (κ1) is 20.7. The van der Waals surface area contributed by atoms with Crippen LogP contribution in [0.15, 0.2) is 22.5 Å². The van der Waals surface area contributed by atoms with Crippen molar-refractivity contribution in [3.8, 4) is 0 Å². The third-order valence-electron chi connectivity index (χ3n) is 3.61. The number of nitrogens with zero attached hydrogens (tertiary/aromatic N) is 2. The maximum Gasteiger partial charge on any atom is 0.191 e. The molecule has 7 heteroatoms. The monoisotopic (exact) mass is 452 g/mol. The summed E-state index contributed by atoms with van der Waals surface area (Å²) in [4.78, 5) is 8.41. The first-order valence-electron chi connectivity index (χ1n) is 8.12. The van der Waals surface area contributed by atoms with Crippen LogP contribution in [0, 0.1) is 5.92 Å². The summed E-state index contributed by atoms with van der Waals surface area (Å²) in [5.41, 5.74) is 0. The first-order valence-corrected chi connectivity index (χ1v) is 9.00. The van der Waals surface area contributed by atoms with E-state index in [-0.39, 0.29) is 24.0 Å². The van der Waals surface area contributed by atoms with E-state index in [1.54, 1.807) is 11.3 Å². The zero-order chi connectivity index (χ0) is 15.6. The van der Waals surface area contributed by atoms with Crippen LogP contribution >= 0.6 is 35.3 Å². The zero-order valence-corrected chi connectivity index (χ0v) is 17.2. The molecule has 1 fully saturated rings. The minimum atomic E-state index is 0. The molecule has 0 saturated carbocycles. The zero-order valence-electron chi connectivity index (χ0n) is 14.1. The molecule has 0 amide bonds. The van der Waals surface area contributed by atoms with Gasteiger partial charge in [0.2, 0.25) is 0 Å². The molecule has 23 heavy (non-hydrogen) atoms. The lowest BCUT2D eigenvalue weighted by atomic mass is 10.1. The molecule has 0 aliphatic carbocycles. The molecular formula is C16H29IN4OS.